The van der Waals surface area contributed by atoms with Crippen molar-refractivity contribution in [2.45, 2.75) is 46.5 Å². The van der Waals surface area contributed by atoms with Crippen LogP contribution in [0.4, 0.5) is 0 Å². The molecule has 0 bridgehead atoms. The predicted octanol–water partition coefficient (Wildman–Crippen LogP) is 6.18. The van der Waals surface area contributed by atoms with Gasteiger partial charge in [0, 0.05) is 5.56 Å². The van der Waals surface area contributed by atoms with Gasteiger partial charge >= 0.3 is 0 Å². The molecule has 1 aromatic rings. The second-order valence-corrected chi connectivity index (χ2v) is 6.02. The Bertz CT molecular complexity index is 507. The first-order valence-corrected chi connectivity index (χ1v) is 8.65. The molecule has 0 amide bonds. The summed E-state index contributed by atoms with van der Waals surface area (Å²) in [4.78, 5) is 1.36. The van der Waals surface area contributed by atoms with Gasteiger partial charge in [0.1, 0.15) is 0 Å². The molecule has 0 nitrogen and oxygen atoms in total. The van der Waals surface area contributed by atoms with E-state index in [0.29, 0.717) is 0 Å². The molecule has 0 saturated carbocycles. The van der Waals surface area contributed by atoms with E-state index in [9.17, 15) is 0 Å². The molecule has 1 aromatic carbocycles. The van der Waals surface area contributed by atoms with Crippen molar-refractivity contribution in [3.8, 4) is 11.8 Å². The molecule has 21 heavy (non-hydrogen) atoms. The van der Waals surface area contributed by atoms with Gasteiger partial charge in [0.05, 0.1) is 0 Å². The maximum absolute atomic E-state index is 3.78. The van der Waals surface area contributed by atoms with Gasteiger partial charge in [-0.2, -0.15) is 0 Å². The van der Waals surface area contributed by atoms with Crippen LogP contribution in [-0.2, 0) is 5.41 Å². The lowest BCUT2D eigenvalue weighted by molar-refractivity contribution is 0.530. The van der Waals surface area contributed by atoms with Crippen LogP contribution in [0.25, 0.3) is 0 Å². The second kappa shape index (κ2) is 10.4. The Morgan fingerprint density at radius 2 is 1.81 bits per heavy atom. The molecule has 0 radical (unpaired) electrons. The number of allylic oxidation sites excluding steroid dienone is 3. The largest absolute Gasteiger partial charge is 0.134 e. The highest BCUT2D eigenvalue weighted by Gasteiger charge is 2.21. The van der Waals surface area contributed by atoms with Gasteiger partial charge in [-0.15, -0.1) is 17.7 Å². The van der Waals surface area contributed by atoms with Crippen molar-refractivity contribution in [3.05, 3.63) is 59.0 Å². The summed E-state index contributed by atoms with van der Waals surface area (Å²) in [7, 11) is 0. The van der Waals surface area contributed by atoms with Gasteiger partial charge < -0.3 is 0 Å². The summed E-state index contributed by atoms with van der Waals surface area (Å²) in [6, 6.07) is 8.57. The Morgan fingerprint density at radius 3 is 2.24 bits per heavy atom. The quantitative estimate of drug-likeness (QED) is 0.462. The lowest BCUT2D eigenvalue weighted by Crippen LogP contribution is -2.17. The number of hydrogen-bond acceptors (Lipinski definition) is 1. The molecule has 0 saturated heterocycles. The van der Waals surface area contributed by atoms with Crippen LogP contribution in [0.1, 0.15) is 52.2 Å². The average molecular weight is 301 g/mol. The molecule has 0 aliphatic rings. The molecule has 1 rings (SSSR count). The summed E-state index contributed by atoms with van der Waals surface area (Å²) in [6.45, 7) is 14.2. The maximum atomic E-state index is 3.78. The lowest BCUT2D eigenvalue weighted by atomic mass is 9.81. The Kier molecular flexibility index (Phi) is 9.67. The fourth-order valence-electron chi connectivity index (χ4n) is 2.02. The zero-order valence-corrected chi connectivity index (χ0v) is 15.1. The zero-order chi connectivity index (χ0) is 16.3. The van der Waals surface area contributed by atoms with E-state index in [0.717, 1.165) is 12.0 Å². The molecule has 0 aromatic heterocycles. The first kappa shape index (κ1) is 19.6. The van der Waals surface area contributed by atoms with Gasteiger partial charge in [-0.05, 0) is 47.6 Å². The highest BCUT2D eigenvalue weighted by molar-refractivity contribution is 8.02. The number of hydrogen-bond donors (Lipinski definition) is 0. The van der Waals surface area contributed by atoms with Crippen molar-refractivity contribution < 1.29 is 0 Å². The number of thioether (sulfide) groups is 1. The van der Waals surface area contributed by atoms with Gasteiger partial charge in [0.25, 0.3) is 0 Å². The van der Waals surface area contributed by atoms with Crippen molar-refractivity contribution in [2.24, 2.45) is 0 Å². The summed E-state index contributed by atoms with van der Waals surface area (Å²) >= 11 is 1.79. The van der Waals surface area contributed by atoms with Gasteiger partial charge in [-0.1, -0.05) is 64.5 Å². The van der Waals surface area contributed by atoms with Crippen LogP contribution in [0.3, 0.4) is 0 Å². The minimum atomic E-state index is 0.121. The van der Waals surface area contributed by atoms with Gasteiger partial charge in [-0.25, -0.2) is 0 Å². The minimum absolute atomic E-state index is 0.121. The van der Waals surface area contributed by atoms with E-state index in [1.807, 2.05) is 26.8 Å². The highest BCUT2D eigenvalue weighted by Crippen LogP contribution is 2.33. The predicted molar refractivity (Wildman–Crippen MR) is 99.8 cm³/mol. The van der Waals surface area contributed by atoms with E-state index < -0.39 is 0 Å². The second-order valence-electron chi connectivity index (χ2n) is 5.09. The van der Waals surface area contributed by atoms with Crippen LogP contribution in [0.2, 0.25) is 0 Å². The Hall–Kier alpha value is -1.39. The van der Waals surface area contributed by atoms with Crippen molar-refractivity contribution >= 4 is 11.8 Å². The monoisotopic (exact) mass is 300 g/mol. The third-order valence-electron chi connectivity index (χ3n) is 3.12. The Morgan fingerprint density at radius 1 is 1.24 bits per heavy atom. The first-order valence-electron chi connectivity index (χ1n) is 7.42. The normalized spacial score (nSPS) is 10.9. The van der Waals surface area contributed by atoms with E-state index in [1.165, 1.54) is 10.5 Å². The lowest BCUT2D eigenvalue weighted by Gasteiger charge is -2.26. The zero-order valence-electron chi connectivity index (χ0n) is 14.3. The summed E-state index contributed by atoms with van der Waals surface area (Å²) in [5, 5.41) is 0. The van der Waals surface area contributed by atoms with E-state index in [1.54, 1.807) is 11.8 Å². The molecule has 0 heterocycles. The van der Waals surface area contributed by atoms with Crippen molar-refractivity contribution in [2.75, 3.05) is 6.26 Å². The van der Waals surface area contributed by atoms with Crippen LogP contribution in [0.5, 0.6) is 0 Å². The van der Waals surface area contributed by atoms with Crippen molar-refractivity contribution in [1.82, 2.24) is 0 Å². The van der Waals surface area contributed by atoms with Gasteiger partial charge in [0.2, 0.25) is 0 Å². The Labute approximate surface area is 135 Å². The molecule has 0 fully saturated rings. The Balaban J connectivity index is 0.00000191. The molecule has 0 N–H and O–H groups in total. The van der Waals surface area contributed by atoms with E-state index in [4.69, 9.17) is 0 Å². The third kappa shape index (κ3) is 6.74. The third-order valence-corrected chi connectivity index (χ3v) is 3.92. The summed E-state index contributed by atoms with van der Waals surface area (Å²) in [5.74, 6) is 6.01. The standard InChI is InChI=1S/C18H22S.C2H6/c1-6-8-15-10-12-16(13-11-15)18(3,4)14-17(19-5)9-7-2;1-2/h7,9-13H,2,14H2,1,3-5H3;1-2H3/b17-9-;. The van der Waals surface area contributed by atoms with Crippen LogP contribution < -0.4 is 0 Å². The van der Waals surface area contributed by atoms with Crippen LogP contribution in [0.15, 0.2) is 47.9 Å². The first-order chi connectivity index (χ1) is 10.0. The van der Waals surface area contributed by atoms with Crippen LogP contribution in [-0.4, -0.2) is 6.26 Å². The topological polar surface area (TPSA) is 0 Å². The summed E-state index contributed by atoms with van der Waals surface area (Å²) in [5.41, 5.74) is 2.54. The van der Waals surface area contributed by atoms with E-state index >= 15 is 0 Å². The summed E-state index contributed by atoms with van der Waals surface area (Å²) < 4.78 is 0. The molecule has 114 valence electrons. The SMILES string of the molecule is C=C/C=C(/CC(C)(C)c1ccc(C#CC)cc1)SC.CC. The molecular formula is C20H28S. The fourth-order valence-corrected chi connectivity index (χ4v) is 2.75. The average Bonchev–Trinajstić information content (AvgIpc) is 2.49. The smallest absolute Gasteiger partial charge is 0.0245 e. The summed E-state index contributed by atoms with van der Waals surface area (Å²) in [6.07, 6.45) is 7.11. The molecule has 0 aliphatic heterocycles. The molecular weight excluding hydrogens is 272 g/mol. The molecule has 0 aliphatic carbocycles. The number of rotatable bonds is 5. The molecule has 0 atom stereocenters. The molecule has 0 spiro atoms. The van der Waals surface area contributed by atoms with Crippen molar-refractivity contribution in [1.29, 1.82) is 0 Å². The van der Waals surface area contributed by atoms with Crippen molar-refractivity contribution in [3.63, 3.8) is 0 Å². The molecule has 0 unspecified atom stereocenters. The van der Waals surface area contributed by atoms with Crippen LogP contribution in [0, 0.1) is 11.8 Å². The fraction of sp³-hybridized carbons (Fsp3) is 0.400. The van der Waals surface area contributed by atoms with E-state index in [-0.39, 0.29) is 5.41 Å². The minimum Gasteiger partial charge on any atom is -0.134 e. The van der Waals surface area contributed by atoms with Gasteiger partial charge in [0.15, 0.2) is 0 Å². The highest BCUT2D eigenvalue weighted by atomic mass is 32.2. The van der Waals surface area contributed by atoms with E-state index in [2.05, 4.69) is 68.9 Å². The van der Waals surface area contributed by atoms with Gasteiger partial charge in [-0.3, -0.25) is 0 Å². The molecule has 1 heteroatoms. The van der Waals surface area contributed by atoms with Crippen LogP contribution >= 0.6 is 11.8 Å². The number of benzene rings is 1. The maximum Gasteiger partial charge on any atom is 0.0245 e.